The predicted octanol–water partition coefficient (Wildman–Crippen LogP) is -0.279. The smallest absolute Gasteiger partial charge is 0.243 e. The van der Waals surface area contributed by atoms with Gasteiger partial charge in [-0.1, -0.05) is 18.2 Å². The number of sulfonamides is 1. The Hall–Kier alpha value is -0.950. The van der Waals surface area contributed by atoms with Crippen molar-refractivity contribution in [3.8, 4) is 0 Å². The highest BCUT2D eigenvalue weighted by molar-refractivity contribution is 7.89. The molecule has 0 spiro atoms. The number of benzene rings is 1. The van der Waals surface area contributed by atoms with Gasteiger partial charge in [0.05, 0.1) is 17.1 Å². The lowest BCUT2D eigenvalue weighted by Crippen LogP contribution is -2.30. The van der Waals surface area contributed by atoms with Crippen molar-refractivity contribution >= 4 is 10.0 Å². The van der Waals surface area contributed by atoms with Crippen LogP contribution >= 0.6 is 0 Å². The maximum absolute atomic E-state index is 12.3. The van der Waals surface area contributed by atoms with Crippen molar-refractivity contribution in [1.82, 2.24) is 4.31 Å². The van der Waals surface area contributed by atoms with E-state index in [-0.39, 0.29) is 18.0 Å². The molecule has 0 unspecified atom stereocenters. The van der Waals surface area contributed by atoms with Crippen LogP contribution in [0.5, 0.6) is 0 Å². The summed E-state index contributed by atoms with van der Waals surface area (Å²) in [6.07, 6.45) is -2.01. The van der Waals surface area contributed by atoms with Gasteiger partial charge in [-0.25, -0.2) is 8.42 Å². The zero-order valence-electron chi connectivity index (χ0n) is 9.44. The minimum absolute atomic E-state index is 0.0577. The third-order valence-corrected chi connectivity index (χ3v) is 4.93. The van der Waals surface area contributed by atoms with Gasteiger partial charge in [0.2, 0.25) is 10.0 Å². The quantitative estimate of drug-likeness (QED) is 0.764. The molecule has 2 rings (SSSR count). The van der Waals surface area contributed by atoms with Gasteiger partial charge in [0, 0.05) is 13.1 Å². The Morgan fingerprint density at radius 1 is 1.18 bits per heavy atom. The summed E-state index contributed by atoms with van der Waals surface area (Å²) >= 11 is 0. The van der Waals surface area contributed by atoms with Crippen molar-refractivity contribution in [3.63, 3.8) is 0 Å². The molecule has 1 aliphatic heterocycles. The number of β-amino-alcohol motifs (C(OH)–C–C–N with tert-alkyl or cyclic N) is 2. The first-order valence-corrected chi connectivity index (χ1v) is 6.79. The molecular formula is C11H15NO4S. The maximum Gasteiger partial charge on any atom is 0.243 e. The summed E-state index contributed by atoms with van der Waals surface area (Å²) in [5.41, 5.74) is 0.656. The van der Waals surface area contributed by atoms with E-state index in [1.165, 1.54) is 6.07 Å². The molecule has 1 fully saturated rings. The Morgan fingerprint density at radius 3 is 2.24 bits per heavy atom. The average molecular weight is 257 g/mol. The second kappa shape index (κ2) is 4.38. The van der Waals surface area contributed by atoms with E-state index in [4.69, 9.17) is 0 Å². The van der Waals surface area contributed by atoms with Crippen LogP contribution in [0.1, 0.15) is 5.56 Å². The van der Waals surface area contributed by atoms with E-state index in [1.54, 1.807) is 25.1 Å². The molecule has 0 aliphatic carbocycles. The van der Waals surface area contributed by atoms with Crippen LogP contribution in [0.15, 0.2) is 29.2 Å². The second-order valence-electron chi connectivity index (χ2n) is 4.22. The summed E-state index contributed by atoms with van der Waals surface area (Å²) in [5.74, 6) is 0. The van der Waals surface area contributed by atoms with Gasteiger partial charge in [0.1, 0.15) is 0 Å². The minimum atomic E-state index is -3.62. The molecule has 2 atom stereocenters. The fourth-order valence-corrected chi connectivity index (χ4v) is 3.62. The summed E-state index contributed by atoms with van der Waals surface area (Å²) in [6, 6.07) is 6.67. The molecule has 0 saturated carbocycles. The van der Waals surface area contributed by atoms with Crippen molar-refractivity contribution in [2.45, 2.75) is 24.0 Å². The zero-order chi connectivity index (χ0) is 12.6. The van der Waals surface area contributed by atoms with E-state index in [0.29, 0.717) is 5.56 Å². The van der Waals surface area contributed by atoms with E-state index >= 15 is 0 Å². The molecule has 0 radical (unpaired) electrons. The number of nitrogens with zero attached hydrogens (tertiary/aromatic N) is 1. The number of aryl methyl sites for hydroxylation is 1. The van der Waals surface area contributed by atoms with Crippen LogP contribution in [0.4, 0.5) is 0 Å². The van der Waals surface area contributed by atoms with E-state index in [2.05, 4.69) is 0 Å². The molecule has 1 saturated heterocycles. The maximum atomic E-state index is 12.3. The highest BCUT2D eigenvalue weighted by Crippen LogP contribution is 2.23. The first-order valence-electron chi connectivity index (χ1n) is 5.35. The molecule has 0 amide bonds. The topological polar surface area (TPSA) is 77.8 Å². The van der Waals surface area contributed by atoms with Crippen LogP contribution in [0.3, 0.4) is 0 Å². The fourth-order valence-electron chi connectivity index (χ4n) is 1.92. The molecule has 0 bridgehead atoms. The number of hydrogen-bond donors (Lipinski definition) is 2. The van der Waals surface area contributed by atoms with Crippen LogP contribution in [0, 0.1) is 6.92 Å². The molecule has 1 aromatic rings. The Kier molecular flexibility index (Phi) is 3.22. The van der Waals surface area contributed by atoms with Gasteiger partial charge in [-0.05, 0) is 18.6 Å². The van der Waals surface area contributed by atoms with Gasteiger partial charge < -0.3 is 10.2 Å². The SMILES string of the molecule is Cc1ccccc1S(=O)(=O)N1C[C@@H](O)[C@@H](O)C1. The van der Waals surface area contributed by atoms with Crippen LogP contribution in [-0.4, -0.2) is 48.2 Å². The van der Waals surface area contributed by atoms with Crippen molar-refractivity contribution in [2.24, 2.45) is 0 Å². The average Bonchev–Trinajstić information content (AvgIpc) is 2.60. The number of rotatable bonds is 2. The standard InChI is InChI=1S/C11H15NO4S/c1-8-4-2-3-5-11(8)17(15,16)12-6-9(13)10(14)7-12/h2-5,9-10,13-14H,6-7H2,1H3/t9-,10+. The van der Waals surface area contributed by atoms with Gasteiger partial charge in [0.25, 0.3) is 0 Å². The normalized spacial score (nSPS) is 26.3. The van der Waals surface area contributed by atoms with E-state index < -0.39 is 22.2 Å². The van der Waals surface area contributed by atoms with Crippen LogP contribution in [-0.2, 0) is 10.0 Å². The monoisotopic (exact) mass is 257 g/mol. The first-order chi connectivity index (χ1) is 7.93. The van der Waals surface area contributed by atoms with E-state index in [1.807, 2.05) is 0 Å². The third kappa shape index (κ3) is 2.21. The third-order valence-electron chi connectivity index (χ3n) is 2.94. The number of hydrogen-bond acceptors (Lipinski definition) is 4. The highest BCUT2D eigenvalue weighted by Gasteiger charge is 2.37. The van der Waals surface area contributed by atoms with Gasteiger partial charge in [-0.3, -0.25) is 0 Å². The molecule has 1 aromatic carbocycles. The lowest BCUT2D eigenvalue weighted by atomic mass is 10.2. The summed E-state index contributed by atoms with van der Waals surface area (Å²) in [5, 5.41) is 18.8. The fraction of sp³-hybridized carbons (Fsp3) is 0.455. The lowest BCUT2D eigenvalue weighted by Gasteiger charge is -2.16. The predicted molar refractivity (Wildman–Crippen MR) is 62.0 cm³/mol. The molecule has 1 heterocycles. The molecule has 6 heteroatoms. The molecule has 0 aromatic heterocycles. The molecule has 1 aliphatic rings. The van der Waals surface area contributed by atoms with Crippen LogP contribution in [0.2, 0.25) is 0 Å². The molecule has 94 valence electrons. The van der Waals surface area contributed by atoms with Crippen molar-refractivity contribution < 1.29 is 18.6 Å². The summed E-state index contributed by atoms with van der Waals surface area (Å²) in [7, 11) is -3.62. The number of aliphatic hydroxyl groups excluding tert-OH is 2. The van der Waals surface area contributed by atoms with Gasteiger partial charge >= 0.3 is 0 Å². The van der Waals surface area contributed by atoms with Crippen LogP contribution < -0.4 is 0 Å². The molecule has 17 heavy (non-hydrogen) atoms. The molecule has 2 N–H and O–H groups in total. The summed E-state index contributed by atoms with van der Waals surface area (Å²) < 4.78 is 25.6. The van der Waals surface area contributed by atoms with Gasteiger partial charge in [-0.15, -0.1) is 0 Å². The van der Waals surface area contributed by atoms with Gasteiger partial charge in [-0.2, -0.15) is 4.31 Å². The zero-order valence-corrected chi connectivity index (χ0v) is 10.3. The lowest BCUT2D eigenvalue weighted by molar-refractivity contribution is 0.0572. The molecule has 5 nitrogen and oxygen atoms in total. The first kappa shape index (κ1) is 12.5. The summed E-state index contributed by atoms with van der Waals surface area (Å²) in [6.45, 7) is 1.60. The van der Waals surface area contributed by atoms with Crippen molar-refractivity contribution in [1.29, 1.82) is 0 Å². The van der Waals surface area contributed by atoms with Gasteiger partial charge in [0.15, 0.2) is 0 Å². The number of aliphatic hydroxyl groups is 2. The van der Waals surface area contributed by atoms with E-state index in [9.17, 15) is 18.6 Å². The highest BCUT2D eigenvalue weighted by atomic mass is 32.2. The van der Waals surface area contributed by atoms with Crippen LogP contribution in [0.25, 0.3) is 0 Å². The largest absolute Gasteiger partial charge is 0.389 e. The Morgan fingerprint density at radius 2 is 1.71 bits per heavy atom. The summed E-state index contributed by atoms with van der Waals surface area (Å²) in [4.78, 5) is 0.223. The Labute approximate surface area is 100 Å². The van der Waals surface area contributed by atoms with Crippen molar-refractivity contribution in [2.75, 3.05) is 13.1 Å². The Balaban J connectivity index is 2.36. The minimum Gasteiger partial charge on any atom is -0.389 e. The Bertz CT molecular complexity index is 504. The van der Waals surface area contributed by atoms with E-state index in [0.717, 1.165) is 4.31 Å². The second-order valence-corrected chi connectivity index (χ2v) is 6.13. The molecular weight excluding hydrogens is 242 g/mol. The van der Waals surface area contributed by atoms with Crippen molar-refractivity contribution in [3.05, 3.63) is 29.8 Å².